The van der Waals surface area contributed by atoms with Crippen LogP contribution in [-0.2, 0) is 11.8 Å². The van der Waals surface area contributed by atoms with E-state index in [9.17, 15) is 9.59 Å². The number of likely N-dealkylation sites (tertiary alicyclic amines) is 2. The molecular weight excluding hydrogens is 306 g/mol. The lowest BCUT2D eigenvalue weighted by atomic mass is 9.78. The fraction of sp³-hybridized carbons (Fsp3) is 0.667. The molecular formula is C18H27N3O3. The molecule has 1 aromatic heterocycles. The van der Waals surface area contributed by atoms with Gasteiger partial charge in [-0.3, -0.25) is 9.59 Å². The first-order chi connectivity index (χ1) is 11.4. The van der Waals surface area contributed by atoms with Crippen LogP contribution in [0.25, 0.3) is 0 Å². The number of carbonyl (C=O) groups is 2. The topological polar surface area (TPSA) is 65.8 Å². The number of aromatic nitrogens is 1. The fourth-order valence-electron chi connectivity index (χ4n) is 4.15. The fourth-order valence-corrected chi connectivity index (χ4v) is 4.15. The van der Waals surface area contributed by atoms with Crippen LogP contribution in [0, 0.1) is 19.3 Å². The summed E-state index contributed by atoms with van der Waals surface area (Å²) in [4.78, 5) is 29.4. The summed E-state index contributed by atoms with van der Waals surface area (Å²) in [5, 5.41) is 9.15. The van der Waals surface area contributed by atoms with Crippen molar-refractivity contribution >= 4 is 11.8 Å². The van der Waals surface area contributed by atoms with Crippen LogP contribution < -0.4 is 0 Å². The molecule has 24 heavy (non-hydrogen) atoms. The van der Waals surface area contributed by atoms with Crippen molar-refractivity contribution in [2.45, 2.75) is 33.1 Å². The van der Waals surface area contributed by atoms with Crippen molar-refractivity contribution in [1.82, 2.24) is 14.4 Å². The summed E-state index contributed by atoms with van der Waals surface area (Å²) in [5.74, 6) is 0.138. The maximum absolute atomic E-state index is 12.9. The van der Waals surface area contributed by atoms with Gasteiger partial charge in [-0.05, 0) is 39.2 Å². The second-order valence-electron chi connectivity index (χ2n) is 7.22. The molecule has 1 aromatic rings. The van der Waals surface area contributed by atoms with Crippen molar-refractivity contribution < 1.29 is 14.7 Å². The Morgan fingerprint density at radius 3 is 2.67 bits per heavy atom. The Morgan fingerprint density at radius 2 is 2.04 bits per heavy atom. The third-order valence-corrected chi connectivity index (χ3v) is 5.84. The Kier molecular flexibility index (Phi) is 4.42. The van der Waals surface area contributed by atoms with Gasteiger partial charge in [0.05, 0.1) is 17.6 Å². The lowest BCUT2D eigenvalue weighted by molar-refractivity contribution is -0.146. The van der Waals surface area contributed by atoms with Gasteiger partial charge in [-0.1, -0.05) is 0 Å². The van der Waals surface area contributed by atoms with E-state index in [1.54, 1.807) is 4.90 Å². The third kappa shape index (κ3) is 2.62. The SMILES string of the molecule is Cc1cc(C(=O)N2CC[C@]3(CCCN(CCO)C3=O)C2)c(C)n1C. The highest BCUT2D eigenvalue weighted by atomic mass is 16.3. The molecule has 3 rings (SSSR count). The van der Waals surface area contributed by atoms with Crippen LogP contribution in [-0.4, -0.2) is 64.1 Å². The predicted octanol–water partition coefficient (Wildman–Crippen LogP) is 1.09. The molecule has 0 aromatic carbocycles. The number of β-amino-alcohol motifs (C(OH)–C–C–N with tert-alkyl or cyclic N) is 1. The van der Waals surface area contributed by atoms with E-state index in [4.69, 9.17) is 5.11 Å². The van der Waals surface area contributed by atoms with Crippen molar-refractivity contribution in [2.75, 3.05) is 32.8 Å². The zero-order valence-electron chi connectivity index (χ0n) is 14.8. The highest BCUT2D eigenvalue weighted by Gasteiger charge is 2.49. The van der Waals surface area contributed by atoms with E-state index in [2.05, 4.69) is 0 Å². The second kappa shape index (κ2) is 6.24. The Morgan fingerprint density at radius 1 is 1.29 bits per heavy atom. The Labute approximate surface area is 143 Å². The van der Waals surface area contributed by atoms with E-state index in [0.717, 1.165) is 36.2 Å². The molecule has 1 atom stereocenters. The summed E-state index contributed by atoms with van der Waals surface area (Å²) in [5.41, 5.74) is 2.33. The molecule has 0 bridgehead atoms. The van der Waals surface area contributed by atoms with Crippen LogP contribution in [0.3, 0.4) is 0 Å². The van der Waals surface area contributed by atoms with E-state index < -0.39 is 5.41 Å². The number of amides is 2. The van der Waals surface area contributed by atoms with Crippen molar-refractivity contribution in [2.24, 2.45) is 12.5 Å². The maximum Gasteiger partial charge on any atom is 0.255 e. The van der Waals surface area contributed by atoms with Gasteiger partial charge in [0, 0.05) is 44.6 Å². The van der Waals surface area contributed by atoms with Gasteiger partial charge in [0.2, 0.25) is 5.91 Å². The zero-order chi connectivity index (χ0) is 17.5. The van der Waals surface area contributed by atoms with Gasteiger partial charge in [0.15, 0.2) is 0 Å². The number of aliphatic hydroxyl groups is 1. The average molecular weight is 333 g/mol. The molecule has 2 saturated heterocycles. The molecule has 2 aliphatic heterocycles. The number of aliphatic hydroxyl groups excluding tert-OH is 1. The molecule has 2 fully saturated rings. The lowest BCUT2D eigenvalue weighted by Gasteiger charge is -2.39. The summed E-state index contributed by atoms with van der Waals surface area (Å²) in [7, 11) is 1.96. The van der Waals surface area contributed by atoms with Gasteiger partial charge >= 0.3 is 0 Å². The van der Waals surface area contributed by atoms with Gasteiger partial charge in [0.25, 0.3) is 5.91 Å². The Hall–Kier alpha value is -1.82. The average Bonchev–Trinajstić information content (AvgIpc) is 3.10. The van der Waals surface area contributed by atoms with Crippen molar-refractivity contribution in [3.8, 4) is 0 Å². The van der Waals surface area contributed by atoms with Gasteiger partial charge in [-0.25, -0.2) is 0 Å². The van der Waals surface area contributed by atoms with Crippen LogP contribution in [0.4, 0.5) is 0 Å². The van der Waals surface area contributed by atoms with Crippen molar-refractivity contribution in [3.63, 3.8) is 0 Å². The molecule has 3 heterocycles. The minimum absolute atomic E-state index is 0.00699. The Bertz CT molecular complexity index is 665. The third-order valence-electron chi connectivity index (χ3n) is 5.84. The van der Waals surface area contributed by atoms with Crippen LogP contribution in [0.15, 0.2) is 6.07 Å². The van der Waals surface area contributed by atoms with Crippen LogP contribution >= 0.6 is 0 Å². The van der Waals surface area contributed by atoms with Gasteiger partial charge in [-0.2, -0.15) is 0 Å². The molecule has 132 valence electrons. The number of hydrogen-bond acceptors (Lipinski definition) is 3. The van der Waals surface area contributed by atoms with Crippen molar-refractivity contribution in [1.29, 1.82) is 0 Å². The van der Waals surface area contributed by atoms with E-state index in [-0.39, 0.29) is 18.4 Å². The van der Waals surface area contributed by atoms with Crippen molar-refractivity contribution in [3.05, 3.63) is 23.0 Å². The summed E-state index contributed by atoms with van der Waals surface area (Å²) < 4.78 is 2.02. The van der Waals surface area contributed by atoms with Gasteiger partial charge < -0.3 is 19.5 Å². The summed E-state index contributed by atoms with van der Waals surface area (Å²) in [6, 6.07) is 1.93. The summed E-state index contributed by atoms with van der Waals surface area (Å²) in [6.07, 6.45) is 2.51. The smallest absolute Gasteiger partial charge is 0.255 e. The zero-order valence-corrected chi connectivity index (χ0v) is 14.8. The quantitative estimate of drug-likeness (QED) is 0.900. The van der Waals surface area contributed by atoms with Crippen LogP contribution in [0.1, 0.15) is 41.0 Å². The summed E-state index contributed by atoms with van der Waals surface area (Å²) in [6.45, 7) is 6.18. The number of rotatable bonds is 3. The van der Waals surface area contributed by atoms with Gasteiger partial charge in [-0.15, -0.1) is 0 Å². The number of nitrogens with zero attached hydrogens (tertiary/aromatic N) is 3. The molecule has 1 spiro atoms. The number of hydrogen-bond donors (Lipinski definition) is 1. The van der Waals surface area contributed by atoms with Crippen LogP contribution in [0.2, 0.25) is 0 Å². The van der Waals surface area contributed by atoms with E-state index in [1.807, 2.05) is 36.4 Å². The first kappa shape index (κ1) is 17.0. The largest absolute Gasteiger partial charge is 0.395 e. The minimum atomic E-state index is -0.444. The first-order valence-electron chi connectivity index (χ1n) is 8.72. The minimum Gasteiger partial charge on any atom is -0.395 e. The molecule has 1 N–H and O–H groups in total. The molecule has 6 nitrogen and oxygen atoms in total. The molecule has 0 radical (unpaired) electrons. The van der Waals surface area contributed by atoms with Crippen LogP contribution in [0.5, 0.6) is 0 Å². The number of aryl methyl sites for hydroxylation is 1. The normalized spacial score (nSPS) is 24.2. The second-order valence-corrected chi connectivity index (χ2v) is 7.22. The summed E-state index contributed by atoms with van der Waals surface area (Å²) >= 11 is 0. The Balaban J connectivity index is 1.78. The molecule has 0 saturated carbocycles. The number of carbonyl (C=O) groups excluding carboxylic acids is 2. The molecule has 2 amide bonds. The molecule has 2 aliphatic rings. The standard InChI is InChI=1S/C18H27N3O3/c1-13-11-15(14(2)19(13)3)16(23)21-8-6-18(12-21)5-4-7-20(9-10-22)17(18)24/h11,22H,4-10,12H2,1-3H3/t18-/m1/s1. The maximum atomic E-state index is 12.9. The monoisotopic (exact) mass is 333 g/mol. The molecule has 0 unspecified atom stereocenters. The molecule has 0 aliphatic carbocycles. The molecule has 6 heteroatoms. The highest BCUT2D eigenvalue weighted by molar-refractivity contribution is 5.97. The highest BCUT2D eigenvalue weighted by Crippen LogP contribution is 2.40. The number of piperidine rings is 1. The lowest BCUT2D eigenvalue weighted by Crippen LogP contribution is -2.51. The predicted molar refractivity (Wildman–Crippen MR) is 90.7 cm³/mol. The van der Waals surface area contributed by atoms with E-state index >= 15 is 0 Å². The van der Waals surface area contributed by atoms with E-state index in [0.29, 0.717) is 26.2 Å². The van der Waals surface area contributed by atoms with E-state index in [1.165, 1.54) is 0 Å². The van der Waals surface area contributed by atoms with Gasteiger partial charge in [0.1, 0.15) is 0 Å². The first-order valence-corrected chi connectivity index (χ1v) is 8.72.